The van der Waals surface area contributed by atoms with Crippen molar-refractivity contribution in [1.29, 1.82) is 0 Å². The molecule has 1 saturated heterocycles. The van der Waals surface area contributed by atoms with Gasteiger partial charge in [-0.2, -0.15) is 0 Å². The molecule has 0 spiro atoms. The molecule has 2 aliphatic heterocycles. The molecule has 2 aliphatic rings. The normalized spacial score (nSPS) is 21.9. The second-order valence-electron chi connectivity index (χ2n) is 6.48. The first-order chi connectivity index (χ1) is 12.7. The molecular formula is C18H16F3NO4S. The van der Waals surface area contributed by atoms with Crippen LogP contribution in [0.4, 0.5) is 13.2 Å². The number of rotatable bonds is 3. The van der Waals surface area contributed by atoms with Crippen LogP contribution < -0.4 is 14.8 Å². The van der Waals surface area contributed by atoms with E-state index in [4.69, 9.17) is 4.74 Å². The molecule has 0 radical (unpaired) electrons. The highest BCUT2D eigenvalue weighted by Crippen LogP contribution is 2.42. The summed E-state index contributed by atoms with van der Waals surface area (Å²) in [6.07, 6.45) is -4.02. The number of hydrogen-bond donors (Lipinski definition) is 1. The summed E-state index contributed by atoms with van der Waals surface area (Å²) < 4.78 is 72.6. The lowest BCUT2D eigenvalue weighted by Crippen LogP contribution is -2.39. The van der Waals surface area contributed by atoms with Gasteiger partial charge >= 0.3 is 6.36 Å². The van der Waals surface area contributed by atoms with Crippen LogP contribution in [0.2, 0.25) is 0 Å². The van der Waals surface area contributed by atoms with Crippen LogP contribution in [0.25, 0.3) is 0 Å². The minimum Gasteiger partial charge on any atom is -0.488 e. The Kier molecular flexibility index (Phi) is 4.31. The molecule has 2 aromatic rings. The monoisotopic (exact) mass is 399 g/mol. The van der Waals surface area contributed by atoms with E-state index in [0.29, 0.717) is 12.3 Å². The van der Waals surface area contributed by atoms with Gasteiger partial charge in [0.05, 0.1) is 9.79 Å². The van der Waals surface area contributed by atoms with Crippen molar-refractivity contribution in [1.82, 2.24) is 5.32 Å². The van der Waals surface area contributed by atoms with E-state index in [0.717, 1.165) is 30.7 Å². The van der Waals surface area contributed by atoms with E-state index in [9.17, 15) is 21.6 Å². The Morgan fingerprint density at radius 1 is 1.11 bits per heavy atom. The fourth-order valence-corrected chi connectivity index (χ4v) is 4.85. The smallest absolute Gasteiger partial charge is 0.488 e. The van der Waals surface area contributed by atoms with Gasteiger partial charge in [-0.25, -0.2) is 8.42 Å². The molecule has 2 unspecified atom stereocenters. The number of ether oxygens (including phenoxy) is 2. The Morgan fingerprint density at radius 2 is 1.89 bits per heavy atom. The standard InChI is InChI=1S/C18H16F3NO4S/c19-18(20,21)26-11-2-1-3-12(8-11)27(23,24)13-4-5-14-15-6-7-22-10-17(15)25-16(14)9-13/h1-5,8-9,15,17,22H,6-7,10H2. The van der Waals surface area contributed by atoms with Gasteiger partial charge in [-0.05, 0) is 43.3 Å². The van der Waals surface area contributed by atoms with E-state index in [1.807, 2.05) is 0 Å². The number of piperidine rings is 1. The summed E-state index contributed by atoms with van der Waals surface area (Å²) in [7, 11) is -4.01. The SMILES string of the molecule is O=S(=O)(c1cccc(OC(F)(F)F)c1)c1ccc2c(c1)OC1CNCCC21. The largest absolute Gasteiger partial charge is 0.573 e. The lowest BCUT2D eigenvalue weighted by Gasteiger charge is -2.24. The molecule has 9 heteroatoms. The molecule has 0 amide bonds. The van der Waals surface area contributed by atoms with Gasteiger partial charge in [-0.3, -0.25) is 0 Å². The Balaban J connectivity index is 1.67. The first-order valence-electron chi connectivity index (χ1n) is 8.36. The van der Waals surface area contributed by atoms with Crippen LogP contribution in [0.1, 0.15) is 17.9 Å². The molecule has 1 fully saturated rings. The third-order valence-corrected chi connectivity index (χ3v) is 6.50. The number of alkyl halides is 3. The summed E-state index contributed by atoms with van der Waals surface area (Å²) in [4.78, 5) is -0.307. The number of hydrogen-bond acceptors (Lipinski definition) is 5. The van der Waals surface area contributed by atoms with E-state index in [1.165, 1.54) is 24.3 Å². The Morgan fingerprint density at radius 3 is 2.67 bits per heavy atom. The summed E-state index contributed by atoms with van der Waals surface area (Å²) in [5, 5.41) is 3.24. The number of fused-ring (bicyclic) bond motifs is 3. The van der Waals surface area contributed by atoms with Crippen LogP contribution in [0.3, 0.4) is 0 Å². The van der Waals surface area contributed by atoms with E-state index >= 15 is 0 Å². The quantitative estimate of drug-likeness (QED) is 0.859. The van der Waals surface area contributed by atoms with Crippen LogP contribution in [-0.2, 0) is 9.84 Å². The maximum Gasteiger partial charge on any atom is 0.573 e. The summed E-state index contributed by atoms with van der Waals surface area (Å²) in [5.41, 5.74) is 0.967. The number of halogens is 3. The first kappa shape index (κ1) is 18.1. The molecule has 27 heavy (non-hydrogen) atoms. The van der Waals surface area contributed by atoms with Crippen LogP contribution >= 0.6 is 0 Å². The van der Waals surface area contributed by atoms with Gasteiger partial charge in [0.15, 0.2) is 0 Å². The summed E-state index contributed by atoms with van der Waals surface area (Å²) in [6, 6.07) is 9.00. The van der Waals surface area contributed by atoms with Gasteiger partial charge < -0.3 is 14.8 Å². The zero-order chi connectivity index (χ0) is 19.2. The summed E-state index contributed by atoms with van der Waals surface area (Å²) >= 11 is 0. The zero-order valence-electron chi connectivity index (χ0n) is 14.0. The second-order valence-corrected chi connectivity index (χ2v) is 8.43. The van der Waals surface area contributed by atoms with Gasteiger partial charge in [-0.1, -0.05) is 12.1 Å². The number of benzene rings is 2. The Hall–Kier alpha value is -2.26. The van der Waals surface area contributed by atoms with Crippen LogP contribution in [-0.4, -0.2) is 34.0 Å². The fourth-order valence-electron chi connectivity index (χ4n) is 3.54. The van der Waals surface area contributed by atoms with Crippen LogP contribution in [0.5, 0.6) is 11.5 Å². The lowest BCUT2D eigenvalue weighted by atomic mass is 9.90. The molecule has 144 valence electrons. The Labute approximate surface area is 154 Å². The third-order valence-electron chi connectivity index (χ3n) is 4.75. The number of sulfone groups is 1. The molecule has 0 saturated carbocycles. The molecule has 0 bridgehead atoms. The van der Waals surface area contributed by atoms with Crippen molar-refractivity contribution in [3.63, 3.8) is 0 Å². The zero-order valence-corrected chi connectivity index (χ0v) is 14.8. The van der Waals surface area contributed by atoms with Gasteiger partial charge in [-0.15, -0.1) is 13.2 Å². The van der Waals surface area contributed by atoms with Gasteiger partial charge in [0.25, 0.3) is 0 Å². The highest BCUT2D eigenvalue weighted by molar-refractivity contribution is 7.91. The predicted octanol–water partition coefficient (Wildman–Crippen LogP) is 3.26. The van der Waals surface area contributed by atoms with Crippen molar-refractivity contribution < 1.29 is 31.1 Å². The minimum atomic E-state index is -4.89. The van der Waals surface area contributed by atoms with Gasteiger partial charge in [0, 0.05) is 18.0 Å². The molecule has 2 atom stereocenters. The van der Waals surface area contributed by atoms with Crippen molar-refractivity contribution in [2.75, 3.05) is 13.1 Å². The van der Waals surface area contributed by atoms with Gasteiger partial charge in [0.1, 0.15) is 17.6 Å². The fraction of sp³-hybridized carbons (Fsp3) is 0.333. The average molecular weight is 399 g/mol. The van der Waals surface area contributed by atoms with Crippen molar-refractivity contribution in [3.8, 4) is 11.5 Å². The topological polar surface area (TPSA) is 64.6 Å². The van der Waals surface area contributed by atoms with Crippen molar-refractivity contribution in [2.24, 2.45) is 0 Å². The first-order valence-corrected chi connectivity index (χ1v) is 9.84. The predicted molar refractivity (Wildman–Crippen MR) is 89.7 cm³/mol. The molecule has 2 heterocycles. The Bertz CT molecular complexity index is 975. The lowest BCUT2D eigenvalue weighted by molar-refractivity contribution is -0.274. The minimum absolute atomic E-state index is 0.0305. The van der Waals surface area contributed by atoms with Crippen LogP contribution in [0, 0.1) is 0 Å². The van der Waals surface area contributed by atoms with E-state index in [1.54, 1.807) is 6.07 Å². The molecule has 0 aliphatic carbocycles. The molecule has 2 aromatic carbocycles. The highest BCUT2D eigenvalue weighted by atomic mass is 32.2. The summed E-state index contributed by atoms with van der Waals surface area (Å²) in [5.74, 6) is 0.150. The van der Waals surface area contributed by atoms with E-state index in [-0.39, 0.29) is 21.8 Å². The van der Waals surface area contributed by atoms with E-state index in [2.05, 4.69) is 10.1 Å². The molecule has 4 rings (SSSR count). The average Bonchev–Trinajstić information content (AvgIpc) is 2.98. The second kappa shape index (κ2) is 6.42. The van der Waals surface area contributed by atoms with Crippen molar-refractivity contribution in [3.05, 3.63) is 48.0 Å². The van der Waals surface area contributed by atoms with Crippen molar-refractivity contribution in [2.45, 2.75) is 34.6 Å². The van der Waals surface area contributed by atoms with Crippen molar-refractivity contribution >= 4 is 9.84 Å². The van der Waals surface area contributed by atoms with Crippen LogP contribution in [0.15, 0.2) is 52.3 Å². The number of nitrogens with one attached hydrogen (secondary N) is 1. The molecule has 0 aromatic heterocycles. The van der Waals surface area contributed by atoms with E-state index < -0.39 is 21.9 Å². The molecule has 1 N–H and O–H groups in total. The maximum atomic E-state index is 12.9. The maximum absolute atomic E-state index is 12.9. The highest BCUT2D eigenvalue weighted by Gasteiger charge is 2.37. The van der Waals surface area contributed by atoms with Gasteiger partial charge in [0.2, 0.25) is 9.84 Å². The molecule has 5 nitrogen and oxygen atoms in total. The molecular weight excluding hydrogens is 383 g/mol. The third kappa shape index (κ3) is 3.49. The summed E-state index contributed by atoms with van der Waals surface area (Å²) in [6.45, 7) is 1.56.